The van der Waals surface area contributed by atoms with Crippen molar-refractivity contribution in [3.63, 3.8) is 0 Å². The van der Waals surface area contributed by atoms with Gasteiger partial charge in [-0.3, -0.25) is 0 Å². The normalized spacial score (nSPS) is 18.9. The number of piperidine rings is 1. The number of nitrogens with zero attached hydrogens (tertiary/aromatic N) is 1. The highest BCUT2D eigenvalue weighted by Crippen LogP contribution is 2.25. The van der Waals surface area contributed by atoms with Gasteiger partial charge in [-0.2, -0.15) is 4.31 Å². The third-order valence-corrected chi connectivity index (χ3v) is 5.58. The molecular formula is C13H20N2O2S. The molecule has 1 aliphatic rings. The summed E-state index contributed by atoms with van der Waals surface area (Å²) in [5.74, 6) is 0.669. The largest absolute Gasteiger partial charge is 0.399 e. The SMILES string of the molecule is CCC1CCN(S(=O)(=O)c2ccc(N)cc2)CC1. The number of benzene rings is 1. The van der Waals surface area contributed by atoms with Crippen LogP contribution < -0.4 is 5.73 Å². The minimum atomic E-state index is -3.33. The van der Waals surface area contributed by atoms with Gasteiger partial charge < -0.3 is 5.73 Å². The molecule has 0 spiro atoms. The van der Waals surface area contributed by atoms with E-state index in [0.717, 1.165) is 19.3 Å². The molecule has 0 saturated carbocycles. The van der Waals surface area contributed by atoms with Crippen LogP contribution in [0.15, 0.2) is 29.2 Å². The standard InChI is InChI=1S/C13H20N2O2S/c1-2-11-7-9-15(10-8-11)18(16,17)13-5-3-12(14)4-6-13/h3-6,11H,2,7-10,14H2,1H3. The van der Waals surface area contributed by atoms with Crippen LogP contribution in [0.1, 0.15) is 26.2 Å². The molecule has 1 aliphatic heterocycles. The molecular weight excluding hydrogens is 248 g/mol. The highest BCUT2D eigenvalue weighted by Gasteiger charge is 2.28. The summed E-state index contributed by atoms with van der Waals surface area (Å²) in [6, 6.07) is 6.42. The predicted molar refractivity (Wildman–Crippen MR) is 72.6 cm³/mol. The molecule has 4 nitrogen and oxygen atoms in total. The summed E-state index contributed by atoms with van der Waals surface area (Å²) in [5, 5.41) is 0. The van der Waals surface area contributed by atoms with Gasteiger partial charge in [0.2, 0.25) is 10.0 Å². The number of hydrogen-bond acceptors (Lipinski definition) is 3. The van der Waals surface area contributed by atoms with E-state index in [-0.39, 0.29) is 0 Å². The topological polar surface area (TPSA) is 63.4 Å². The van der Waals surface area contributed by atoms with Crippen LogP contribution in [-0.2, 0) is 10.0 Å². The van der Waals surface area contributed by atoms with Crippen molar-refractivity contribution < 1.29 is 8.42 Å². The molecule has 100 valence electrons. The second-order valence-electron chi connectivity index (χ2n) is 4.82. The molecule has 2 N–H and O–H groups in total. The van der Waals surface area contributed by atoms with Gasteiger partial charge in [0.15, 0.2) is 0 Å². The Morgan fingerprint density at radius 3 is 2.28 bits per heavy atom. The maximum absolute atomic E-state index is 12.4. The number of hydrogen-bond donors (Lipinski definition) is 1. The van der Waals surface area contributed by atoms with Gasteiger partial charge in [0, 0.05) is 18.8 Å². The molecule has 0 bridgehead atoms. The lowest BCUT2D eigenvalue weighted by atomic mass is 9.96. The van der Waals surface area contributed by atoms with E-state index in [2.05, 4.69) is 6.92 Å². The first-order chi connectivity index (χ1) is 8.54. The minimum Gasteiger partial charge on any atom is -0.399 e. The monoisotopic (exact) mass is 268 g/mol. The van der Waals surface area contributed by atoms with Crippen LogP contribution in [0, 0.1) is 5.92 Å². The number of sulfonamides is 1. The Morgan fingerprint density at radius 2 is 1.78 bits per heavy atom. The van der Waals surface area contributed by atoms with Crippen LogP contribution in [0.5, 0.6) is 0 Å². The Bertz CT molecular complexity index is 488. The highest BCUT2D eigenvalue weighted by atomic mass is 32.2. The van der Waals surface area contributed by atoms with Gasteiger partial charge in [0.1, 0.15) is 0 Å². The van der Waals surface area contributed by atoms with Gasteiger partial charge in [-0.05, 0) is 43.0 Å². The first-order valence-electron chi connectivity index (χ1n) is 6.39. The van der Waals surface area contributed by atoms with Crippen LogP contribution >= 0.6 is 0 Å². The van der Waals surface area contributed by atoms with Gasteiger partial charge in [-0.1, -0.05) is 13.3 Å². The van der Waals surface area contributed by atoms with Gasteiger partial charge in [0.05, 0.1) is 4.90 Å². The summed E-state index contributed by atoms with van der Waals surface area (Å²) in [5.41, 5.74) is 6.16. The summed E-state index contributed by atoms with van der Waals surface area (Å²) < 4.78 is 26.3. The summed E-state index contributed by atoms with van der Waals surface area (Å²) in [6.07, 6.45) is 3.06. The fourth-order valence-electron chi connectivity index (χ4n) is 2.35. The molecule has 0 amide bonds. The summed E-state index contributed by atoms with van der Waals surface area (Å²) >= 11 is 0. The molecule has 1 saturated heterocycles. The smallest absolute Gasteiger partial charge is 0.243 e. The van der Waals surface area contributed by atoms with E-state index in [4.69, 9.17) is 5.73 Å². The van der Waals surface area contributed by atoms with Crippen molar-refractivity contribution in [2.45, 2.75) is 31.1 Å². The minimum absolute atomic E-state index is 0.339. The first-order valence-corrected chi connectivity index (χ1v) is 7.83. The van der Waals surface area contributed by atoms with Gasteiger partial charge in [-0.15, -0.1) is 0 Å². The maximum Gasteiger partial charge on any atom is 0.243 e. The van der Waals surface area contributed by atoms with E-state index in [1.54, 1.807) is 28.6 Å². The second-order valence-corrected chi connectivity index (χ2v) is 6.76. The molecule has 0 atom stereocenters. The van der Waals surface area contributed by atoms with Crippen LogP contribution in [0.4, 0.5) is 5.69 Å². The average molecular weight is 268 g/mol. The number of anilines is 1. The third-order valence-electron chi connectivity index (χ3n) is 3.67. The van der Waals surface area contributed by atoms with Gasteiger partial charge in [-0.25, -0.2) is 8.42 Å². The van der Waals surface area contributed by atoms with Crippen LogP contribution in [0.3, 0.4) is 0 Å². The lowest BCUT2D eigenvalue weighted by Gasteiger charge is -2.30. The highest BCUT2D eigenvalue weighted by molar-refractivity contribution is 7.89. The number of rotatable bonds is 3. The first kappa shape index (κ1) is 13.4. The zero-order valence-electron chi connectivity index (χ0n) is 10.7. The molecule has 0 radical (unpaired) electrons. The summed E-state index contributed by atoms with van der Waals surface area (Å²) in [4.78, 5) is 0.339. The Kier molecular flexibility index (Phi) is 3.92. The van der Waals surface area contributed by atoms with Crippen molar-refractivity contribution in [2.24, 2.45) is 5.92 Å². The van der Waals surface area contributed by atoms with E-state index >= 15 is 0 Å². The van der Waals surface area contributed by atoms with Gasteiger partial charge in [0.25, 0.3) is 0 Å². The van der Waals surface area contributed by atoms with Crippen molar-refractivity contribution in [3.8, 4) is 0 Å². The number of nitrogens with two attached hydrogens (primary N) is 1. The molecule has 0 unspecified atom stereocenters. The van der Waals surface area contributed by atoms with E-state index < -0.39 is 10.0 Å². The maximum atomic E-state index is 12.4. The lowest BCUT2D eigenvalue weighted by Crippen LogP contribution is -2.38. The number of nitrogen functional groups attached to an aromatic ring is 1. The molecule has 18 heavy (non-hydrogen) atoms. The fraction of sp³-hybridized carbons (Fsp3) is 0.538. The van der Waals surface area contributed by atoms with Crippen LogP contribution in [0.2, 0.25) is 0 Å². The quantitative estimate of drug-likeness (QED) is 0.854. The molecule has 1 heterocycles. The molecule has 5 heteroatoms. The van der Waals surface area contributed by atoms with Crippen LogP contribution in [0.25, 0.3) is 0 Å². The van der Waals surface area contributed by atoms with Crippen LogP contribution in [-0.4, -0.2) is 25.8 Å². The van der Waals surface area contributed by atoms with Gasteiger partial charge >= 0.3 is 0 Å². The fourth-order valence-corrected chi connectivity index (χ4v) is 3.82. The van der Waals surface area contributed by atoms with E-state index in [1.165, 1.54) is 0 Å². The van der Waals surface area contributed by atoms with Crippen molar-refractivity contribution >= 4 is 15.7 Å². The zero-order valence-corrected chi connectivity index (χ0v) is 11.5. The molecule has 1 aromatic carbocycles. The summed E-state index contributed by atoms with van der Waals surface area (Å²) in [6.45, 7) is 3.42. The Labute approximate surface area is 109 Å². The van der Waals surface area contributed by atoms with Crippen molar-refractivity contribution in [2.75, 3.05) is 18.8 Å². The van der Waals surface area contributed by atoms with Crippen molar-refractivity contribution in [3.05, 3.63) is 24.3 Å². The Balaban J connectivity index is 2.15. The Hall–Kier alpha value is -1.07. The third kappa shape index (κ3) is 2.67. The molecule has 2 rings (SSSR count). The molecule has 1 fully saturated rings. The van der Waals surface area contributed by atoms with Crippen molar-refractivity contribution in [1.82, 2.24) is 4.31 Å². The molecule has 1 aromatic rings. The van der Waals surface area contributed by atoms with E-state index in [9.17, 15) is 8.42 Å². The van der Waals surface area contributed by atoms with E-state index in [1.807, 2.05) is 0 Å². The molecule has 0 aromatic heterocycles. The second kappa shape index (κ2) is 5.28. The predicted octanol–water partition coefficient (Wildman–Crippen LogP) is 2.08. The van der Waals surface area contributed by atoms with Crippen molar-refractivity contribution in [1.29, 1.82) is 0 Å². The Morgan fingerprint density at radius 1 is 1.22 bits per heavy atom. The van der Waals surface area contributed by atoms with E-state index in [0.29, 0.717) is 29.6 Å². The zero-order chi connectivity index (χ0) is 13.2. The molecule has 0 aliphatic carbocycles. The lowest BCUT2D eigenvalue weighted by molar-refractivity contribution is 0.269. The summed E-state index contributed by atoms with van der Waals surface area (Å²) in [7, 11) is -3.33. The average Bonchev–Trinajstić information content (AvgIpc) is 2.39.